The molecule has 0 saturated heterocycles. The Kier molecular flexibility index (Phi) is 8.80. The molecule has 0 radical (unpaired) electrons. The standard InChI is InChI=1S/C24H36N2/c1-5-7-9-11-19(3)21-13-15-25-23(17-21)24-18-22(14-16-26-24)20(4)12-10-8-6-2/h13-20H,5-12H2,1-4H3. The van der Waals surface area contributed by atoms with Crippen LogP contribution in [-0.4, -0.2) is 9.97 Å². The normalized spacial score (nSPS) is 13.5. The fourth-order valence-corrected chi connectivity index (χ4v) is 3.52. The fraction of sp³-hybridized carbons (Fsp3) is 0.583. The topological polar surface area (TPSA) is 25.8 Å². The Morgan fingerprint density at radius 3 is 1.50 bits per heavy atom. The number of unbranched alkanes of at least 4 members (excludes halogenated alkanes) is 4. The summed E-state index contributed by atoms with van der Waals surface area (Å²) in [6.07, 6.45) is 14.2. The van der Waals surface area contributed by atoms with Crippen molar-refractivity contribution in [2.24, 2.45) is 0 Å². The highest BCUT2D eigenvalue weighted by Crippen LogP contribution is 2.27. The predicted octanol–water partition coefficient (Wildman–Crippen LogP) is 7.51. The van der Waals surface area contributed by atoms with Gasteiger partial charge in [-0.3, -0.25) is 9.97 Å². The van der Waals surface area contributed by atoms with Crippen LogP contribution in [0.25, 0.3) is 11.4 Å². The predicted molar refractivity (Wildman–Crippen MR) is 113 cm³/mol. The Balaban J connectivity index is 2.10. The SMILES string of the molecule is CCCCCC(C)c1ccnc(-c2cc(C(C)CCCCC)ccn2)c1. The van der Waals surface area contributed by atoms with Gasteiger partial charge in [0.25, 0.3) is 0 Å². The molecule has 0 amide bonds. The summed E-state index contributed by atoms with van der Waals surface area (Å²) in [5.41, 5.74) is 4.78. The first-order chi connectivity index (χ1) is 12.7. The lowest BCUT2D eigenvalue weighted by Crippen LogP contribution is -1.98. The highest BCUT2D eigenvalue weighted by molar-refractivity contribution is 5.56. The minimum atomic E-state index is 0.583. The molecule has 0 bridgehead atoms. The number of aromatic nitrogens is 2. The van der Waals surface area contributed by atoms with E-state index >= 15 is 0 Å². The monoisotopic (exact) mass is 352 g/mol. The third-order valence-electron chi connectivity index (χ3n) is 5.45. The molecule has 0 aliphatic rings. The average Bonchev–Trinajstić information content (AvgIpc) is 2.68. The molecule has 2 heterocycles. The van der Waals surface area contributed by atoms with Gasteiger partial charge in [-0.15, -0.1) is 0 Å². The zero-order chi connectivity index (χ0) is 18.8. The van der Waals surface area contributed by atoms with Crippen LogP contribution in [0.4, 0.5) is 0 Å². The van der Waals surface area contributed by atoms with E-state index in [4.69, 9.17) is 0 Å². The van der Waals surface area contributed by atoms with Gasteiger partial charge < -0.3 is 0 Å². The van der Waals surface area contributed by atoms with E-state index in [0.29, 0.717) is 11.8 Å². The zero-order valence-corrected chi connectivity index (χ0v) is 17.2. The molecule has 142 valence electrons. The molecule has 26 heavy (non-hydrogen) atoms. The van der Waals surface area contributed by atoms with Gasteiger partial charge in [-0.2, -0.15) is 0 Å². The summed E-state index contributed by atoms with van der Waals surface area (Å²) in [7, 11) is 0. The van der Waals surface area contributed by atoms with E-state index in [1.54, 1.807) is 0 Å². The van der Waals surface area contributed by atoms with Crippen molar-refractivity contribution in [1.29, 1.82) is 0 Å². The van der Waals surface area contributed by atoms with Crippen LogP contribution >= 0.6 is 0 Å². The van der Waals surface area contributed by atoms with Crippen LogP contribution in [0.1, 0.15) is 102 Å². The van der Waals surface area contributed by atoms with Gasteiger partial charge in [0.1, 0.15) is 0 Å². The maximum Gasteiger partial charge on any atom is 0.0889 e. The number of hydrogen-bond acceptors (Lipinski definition) is 2. The van der Waals surface area contributed by atoms with Crippen LogP contribution < -0.4 is 0 Å². The second-order valence-corrected chi connectivity index (χ2v) is 7.74. The van der Waals surface area contributed by atoms with Crippen molar-refractivity contribution in [3.8, 4) is 11.4 Å². The van der Waals surface area contributed by atoms with Crippen molar-refractivity contribution in [2.75, 3.05) is 0 Å². The summed E-state index contributed by atoms with van der Waals surface area (Å²) in [5, 5.41) is 0. The molecule has 0 aromatic carbocycles. The van der Waals surface area contributed by atoms with E-state index < -0.39 is 0 Å². The number of nitrogens with zero attached hydrogens (tertiary/aromatic N) is 2. The van der Waals surface area contributed by atoms with E-state index in [9.17, 15) is 0 Å². The minimum absolute atomic E-state index is 0.583. The van der Waals surface area contributed by atoms with Crippen LogP contribution in [0.3, 0.4) is 0 Å². The molecule has 2 heteroatoms. The average molecular weight is 353 g/mol. The molecule has 0 N–H and O–H groups in total. The summed E-state index contributed by atoms with van der Waals surface area (Å²) in [5.74, 6) is 1.17. The van der Waals surface area contributed by atoms with Gasteiger partial charge >= 0.3 is 0 Å². The van der Waals surface area contributed by atoms with E-state index in [2.05, 4.69) is 61.9 Å². The molecule has 2 atom stereocenters. The molecule has 2 aromatic rings. The molecule has 0 aliphatic carbocycles. The van der Waals surface area contributed by atoms with Crippen molar-refractivity contribution in [1.82, 2.24) is 9.97 Å². The van der Waals surface area contributed by atoms with Gasteiger partial charge in [0.05, 0.1) is 11.4 Å². The van der Waals surface area contributed by atoms with E-state index in [0.717, 1.165) is 11.4 Å². The first kappa shape index (κ1) is 20.6. The van der Waals surface area contributed by atoms with Crippen molar-refractivity contribution in [2.45, 2.75) is 90.9 Å². The Labute approximate surface area is 160 Å². The summed E-state index contributed by atoms with van der Waals surface area (Å²) in [6.45, 7) is 9.18. The van der Waals surface area contributed by atoms with Gasteiger partial charge in [-0.25, -0.2) is 0 Å². The highest BCUT2D eigenvalue weighted by atomic mass is 14.8. The Morgan fingerprint density at radius 2 is 1.12 bits per heavy atom. The molecule has 0 spiro atoms. The molecule has 2 nitrogen and oxygen atoms in total. The van der Waals surface area contributed by atoms with Crippen LogP contribution in [0, 0.1) is 0 Å². The van der Waals surface area contributed by atoms with Crippen LogP contribution in [-0.2, 0) is 0 Å². The maximum atomic E-state index is 4.60. The summed E-state index contributed by atoms with van der Waals surface area (Å²) >= 11 is 0. The minimum Gasteiger partial charge on any atom is -0.255 e. The lowest BCUT2D eigenvalue weighted by atomic mass is 9.93. The second kappa shape index (κ2) is 11.1. The fourth-order valence-electron chi connectivity index (χ4n) is 3.52. The smallest absolute Gasteiger partial charge is 0.0889 e. The largest absolute Gasteiger partial charge is 0.255 e. The third kappa shape index (κ3) is 6.23. The highest BCUT2D eigenvalue weighted by Gasteiger charge is 2.11. The molecule has 0 aliphatic heterocycles. The number of pyridine rings is 2. The summed E-state index contributed by atoms with van der Waals surface area (Å²) in [6, 6.07) is 8.81. The van der Waals surface area contributed by atoms with Crippen molar-refractivity contribution >= 4 is 0 Å². The first-order valence-electron chi connectivity index (χ1n) is 10.6. The second-order valence-electron chi connectivity index (χ2n) is 7.74. The van der Waals surface area contributed by atoms with Crippen molar-refractivity contribution in [3.63, 3.8) is 0 Å². The molecule has 2 unspecified atom stereocenters. The van der Waals surface area contributed by atoms with Gasteiger partial charge in [0, 0.05) is 12.4 Å². The third-order valence-corrected chi connectivity index (χ3v) is 5.45. The molecule has 0 saturated carbocycles. The van der Waals surface area contributed by atoms with E-state index in [1.807, 2.05) is 12.4 Å². The number of rotatable bonds is 11. The van der Waals surface area contributed by atoms with Gasteiger partial charge in [-0.1, -0.05) is 66.2 Å². The molecule has 0 fully saturated rings. The quantitative estimate of drug-likeness (QED) is 0.391. The van der Waals surface area contributed by atoms with E-state index in [1.165, 1.54) is 62.5 Å². The molecule has 2 rings (SSSR count). The summed E-state index contributed by atoms with van der Waals surface area (Å²) < 4.78 is 0. The Hall–Kier alpha value is -1.70. The van der Waals surface area contributed by atoms with Crippen molar-refractivity contribution in [3.05, 3.63) is 47.8 Å². The first-order valence-corrected chi connectivity index (χ1v) is 10.6. The molecular formula is C24H36N2. The summed E-state index contributed by atoms with van der Waals surface area (Å²) in [4.78, 5) is 9.20. The number of hydrogen-bond donors (Lipinski definition) is 0. The lowest BCUT2D eigenvalue weighted by Gasteiger charge is -2.14. The van der Waals surface area contributed by atoms with Gasteiger partial charge in [-0.05, 0) is 60.1 Å². The Bertz CT molecular complexity index is 593. The van der Waals surface area contributed by atoms with Crippen LogP contribution in [0.5, 0.6) is 0 Å². The zero-order valence-electron chi connectivity index (χ0n) is 17.2. The lowest BCUT2D eigenvalue weighted by molar-refractivity contribution is 0.597. The van der Waals surface area contributed by atoms with Crippen molar-refractivity contribution < 1.29 is 0 Å². The van der Waals surface area contributed by atoms with Gasteiger partial charge in [0.2, 0.25) is 0 Å². The molecular weight excluding hydrogens is 316 g/mol. The maximum absolute atomic E-state index is 4.60. The molecule has 2 aromatic heterocycles. The Morgan fingerprint density at radius 1 is 0.692 bits per heavy atom. The van der Waals surface area contributed by atoms with E-state index in [-0.39, 0.29) is 0 Å². The van der Waals surface area contributed by atoms with Gasteiger partial charge in [0.15, 0.2) is 0 Å². The van der Waals surface area contributed by atoms with Crippen LogP contribution in [0.2, 0.25) is 0 Å². The van der Waals surface area contributed by atoms with Crippen LogP contribution in [0.15, 0.2) is 36.7 Å².